The van der Waals surface area contributed by atoms with Gasteiger partial charge in [0.1, 0.15) is 0 Å². The molecule has 0 spiro atoms. The number of carbonyl (C=O) groups excluding carboxylic acids is 1. The highest BCUT2D eigenvalue weighted by molar-refractivity contribution is 5.85. The van der Waals surface area contributed by atoms with E-state index in [1.807, 2.05) is 13.8 Å². The molecule has 0 atom stereocenters. The lowest BCUT2D eigenvalue weighted by molar-refractivity contribution is -0.132. The van der Waals surface area contributed by atoms with Gasteiger partial charge < -0.3 is 15.8 Å². The van der Waals surface area contributed by atoms with E-state index in [4.69, 9.17) is 10.5 Å². The predicted octanol–water partition coefficient (Wildman–Crippen LogP) is 2.50. The van der Waals surface area contributed by atoms with Crippen LogP contribution in [0.2, 0.25) is 0 Å². The molecule has 1 amide bonds. The molecule has 0 heterocycles. The van der Waals surface area contributed by atoms with Crippen LogP contribution in [0.4, 0.5) is 0 Å². The second kappa shape index (κ2) is 8.85. The fourth-order valence-corrected chi connectivity index (χ4v) is 2.92. The van der Waals surface area contributed by atoms with Crippen molar-refractivity contribution >= 4 is 18.3 Å². The van der Waals surface area contributed by atoms with Crippen LogP contribution in [0.5, 0.6) is 0 Å². The average Bonchev–Trinajstić information content (AvgIpc) is 2.40. The minimum atomic E-state index is -0.383. The van der Waals surface area contributed by atoms with Crippen LogP contribution in [0.15, 0.2) is 0 Å². The summed E-state index contributed by atoms with van der Waals surface area (Å²) >= 11 is 0. The Balaban J connectivity index is 0.00000361. The third-order valence-electron chi connectivity index (χ3n) is 5.10. The molecule has 0 aliphatic heterocycles. The average molecular weight is 307 g/mol. The van der Waals surface area contributed by atoms with E-state index < -0.39 is 0 Å². The summed E-state index contributed by atoms with van der Waals surface area (Å²) in [5.41, 5.74) is 5.70. The zero-order valence-corrected chi connectivity index (χ0v) is 14.0. The van der Waals surface area contributed by atoms with Crippen LogP contribution in [0.3, 0.4) is 0 Å². The van der Waals surface area contributed by atoms with Crippen molar-refractivity contribution in [2.75, 3.05) is 26.8 Å². The van der Waals surface area contributed by atoms with E-state index in [2.05, 4.69) is 5.32 Å². The standard InChI is InChI=1S/C15H30N2O2.ClH/c1-4-15(5-2,11-16)13(18)17-12-14(7-6-8-14)9-10-19-3;/h4-12,16H2,1-3H3,(H,17,18);1H. The number of rotatable bonds is 9. The van der Waals surface area contributed by atoms with Gasteiger partial charge in [0.05, 0.1) is 5.41 Å². The minimum absolute atomic E-state index is 0. The van der Waals surface area contributed by atoms with Crippen molar-refractivity contribution in [1.82, 2.24) is 5.32 Å². The van der Waals surface area contributed by atoms with E-state index in [1.165, 1.54) is 19.3 Å². The molecule has 5 heteroatoms. The van der Waals surface area contributed by atoms with E-state index in [0.717, 1.165) is 32.4 Å². The van der Waals surface area contributed by atoms with Gasteiger partial charge in [-0.2, -0.15) is 0 Å². The molecule has 1 saturated carbocycles. The van der Waals surface area contributed by atoms with Gasteiger partial charge >= 0.3 is 0 Å². The summed E-state index contributed by atoms with van der Waals surface area (Å²) in [5, 5.41) is 3.15. The molecule has 3 N–H and O–H groups in total. The van der Waals surface area contributed by atoms with E-state index >= 15 is 0 Å². The third-order valence-corrected chi connectivity index (χ3v) is 5.10. The Morgan fingerprint density at radius 2 is 1.95 bits per heavy atom. The molecule has 0 aromatic rings. The van der Waals surface area contributed by atoms with Crippen molar-refractivity contribution in [1.29, 1.82) is 0 Å². The summed E-state index contributed by atoms with van der Waals surface area (Å²) in [6.07, 6.45) is 6.31. The number of nitrogens with one attached hydrogen (secondary N) is 1. The summed E-state index contributed by atoms with van der Waals surface area (Å²) < 4.78 is 5.18. The molecule has 1 aliphatic rings. The fourth-order valence-electron chi connectivity index (χ4n) is 2.92. The number of hydrogen-bond donors (Lipinski definition) is 2. The second-order valence-electron chi connectivity index (χ2n) is 5.97. The Morgan fingerprint density at radius 3 is 2.30 bits per heavy atom. The lowest BCUT2D eigenvalue weighted by Gasteiger charge is -2.43. The Labute approximate surface area is 129 Å². The van der Waals surface area contributed by atoms with Crippen LogP contribution >= 0.6 is 12.4 Å². The first kappa shape index (κ1) is 19.7. The summed E-state index contributed by atoms with van der Waals surface area (Å²) in [6.45, 7) is 6.06. The van der Waals surface area contributed by atoms with Crippen LogP contribution < -0.4 is 11.1 Å². The number of carbonyl (C=O) groups is 1. The number of methoxy groups -OCH3 is 1. The van der Waals surface area contributed by atoms with E-state index in [9.17, 15) is 4.79 Å². The summed E-state index contributed by atoms with van der Waals surface area (Å²) in [7, 11) is 1.73. The summed E-state index contributed by atoms with van der Waals surface area (Å²) in [4.78, 5) is 12.4. The molecule has 0 bridgehead atoms. The van der Waals surface area contributed by atoms with Crippen molar-refractivity contribution in [3.63, 3.8) is 0 Å². The molecular formula is C15H31ClN2O2. The maximum Gasteiger partial charge on any atom is 0.227 e. The largest absolute Gasteiger partial charge is 0.385 e. The lowest BCUT2D eigenvalue weighted by atomic mass is 9.66. The number of halogens is 1. The maximum atomic E-state index is 12.4. The first-order valence-electron chi connectivity index (χ1n) is 7.55. The van der Waals surface area contributed by atoms with E-state index in [0.29, 0.717) is 6.54 Å². The SMILES string of the molecule is CCC(CC)(CN)C(=O)NCC1(CCOC)CCC1.Cl. The predicted molar refractivity (Wildman–Crippen MR) is 85.1 cm³/mol. The van der Waals surface area contributed by atoms with Gasteiger partial charge in [-0.3, -0.25) is 4.79 Å². The van der Waals surface area contributed by atoms with Crippen molar-refractivity contribution in [2.24, 2.45) is 16.6 Å². The quantitative estimate of drug-likeness (QED) is 0.688. The smallest absolute Gasteiger partial charge is 0.227 e. The molecule has 0 unspecified atom stereocenters. The van der Waals surface area contributed by atoms with Gasteiger partial charge in [0.25, 0.3) is 0 Å². The highest BCUT2D eigenvalue weighted by atomic mass is 35.5. The van der Waals surface area contributed by atoms with Crippen LogP contribution in [0.25, 0.3) is 0 Å². The van der Waals surface area contributed by atoms with E-state index in [-0.39, 0.29) is 29.1 Å². The molecule has 0 aromatic heterocycles. The van der Waals surface area contributed by atoms with Crippen molar-refractivity contribution in [2.45, 2.75) is 52.4 Å². The van der Waals surface area contributed by atoms with Crippen LogP contribution in [0.1, 0.15) is 52.4 Å². The Morgan fingerprint density at radius 1 is 1.35 bits per heavy atom. The van der Waals surface area contributed by atoms with Crippen LogP contribution in [0, 0.1) is 10.8 Å². The Kier molecular flexibility index (Phi) is 8.71. The van der Waals surface area contributed by atoms with Crippen LogP contribution in [-0.2, 0) is 9.53 Å². The van der Waals surface area contributed by atoms with Crippen molar-refractivity contribution in [3.8, 4) is 0 Å². The van der Waals surface area contributed by atoms with Gasteiger partial charge in [0.15, 0.2) is 0 Å². The molecule has 0 saturated heterocycles. The van der Waals surface area contributed by atoms with Gasteiger partial charge in [-0.15, -0.1) is 12.4 Å². The fraction of sp³-hybridized carbons (Fsp3) is 0.933. The second-order valence-corrected chi connectivity index (χ2v) is 5.97. The van der Waals surface area contributed by atoms with Crippen LogP contribution in [-0.4, -0.2) is 32.7 Å². The zero-order valence-electron chi connectivity index (χ0n) is 13.2. The zero-order chi connectivity index (χ0) is 14.4. The number of amides is 1. The molecule has 120 valence electrons. The molecule has 1 aliphatic carbocycles. The summed E-state index contributed by atoms with van der Waals surface area (Å²) in [5.74, 6) is 0.128. The van der Waals surface area contributed by atoms with Gasteiger partial charge in [0, 0.05) is 26.8 Å². The van der Waals surface area contributed by atoms with Crippen molar-refractivity contribution < 1.29 is 9.53 Å². The first-order valence-corrected chi connectivity index (χ1v) is 7.55. The molecule has 20 heavy (non-hydrogen) atoms. The number of nitrogens with two attached hydrogens (primary N) is 1. The van der Waals surface area contributed by atoms with Gasteiger partial charge in [-0.25, -0.2) is 0 Å². The molecule has 1 fully saturated rings. The van der Waals surface area contributed by atoms with Gasteiger partial charge in [0.2, 0.25) is 5.91 Å². The topological polar surface area (TPSA) is 64.4 Å². The molecule has 0 aromatic carbocycles. The number of ether oxygens (including phenoxy) is 1. The minimum Gasteiger partial charge on any atom is -0.385 e. The van der Waals surface area contributed by atoms with E-state index in [1.54, 1.807) is 7.11 Å². The first-order chi connectivity index (χ1) is 9.08. The Hall–Kier alpha value is -0.320. The summed E-state index contributed by atoms with van der Waals surface area (Å²) in [6, 6.07) is 0. The van der Waals surface area contributed by atoms with Gasteiger partial charge in [-0.05, 0) is 37.5 Å². The normalized spacial score (nSPS) is 17.0. The van der Waals surface area contributed by atoms with Gasteiger partial charge in [-0.1, -0.05) is 20.3 Å². The third kappa shape index (κ3) is 4.34. The molecule has 4 nitrogen and oxygen atoms in total. The lowest BCUT2D eigenvalue weighted by Crippen LogP contribution is -2.50. The molecular weight excluding hydrogens is 276 g/mol. The Bertz CT molecular complexity index is 281. The highest BCUT2D eigenvalue weighted by Gasteiger charge is 2.39. The maximum absolute atomic E-state index is 12.4. The monoisotopic (exact) mass is 306 g/mol. The van der Waals surface area contributed by atoms with Crippen molar-refractivity contribution in [3.05, 3.63) is 0 Å². The number of hydrogen-bond acceptors (Lipinski definition) is 3. The molecule has 0 radical (unpaired) electrons. The highest BCUT2D eigenvalue weighted by Crippen LogP contribution is 2.43. The molecule has 1 rings (SSSR count).